The third kappa shape index (κ3) is 4.09. The summed E-state index contributed by atoms with van der Waals surface area (Å²) in [6.45, 7) is 12.6. The van der Waals surface area contributed by atoms with E-state index < -0.39 is 0 Å². The summed E-state index contributed by atoms with van der Waals surface area (Å²) in [6.07, 6.45) is 8.48. The molecule has 0 atom stereocenters. The Morgan fingerprint density at radius 1 is 0.472 bits per heavy atom. The first-order chi connectivity index (χ1) is 17.5. The molecule has 0 saturated carbocycles. The molecule has 0 spiro atoms. The molecule has 0 unspecified atom stereocenters. The number of aromatic nitrogens is 4. The number of benzene rings is 2. The second-order valence-electron chi connectivity index (χ2n) is 9.15. The number of nitrogens with zero attached hydrogens (tertiary/aromatic N) is 4. The van der Waals surface area contributed by atoms with Gasteiger partial charge in [0.25, 0.3) is 0 Å². The number of imidazole rings is 2. The normalized spacial score (nSPS) is 11.1. The highest BCUT2D eigenvalue weighted by Crippen LogP contribution is 2.36. The largest absolute Gasteiger partial charge is 0.306 e. The van der Waals surface area contributed by atoms with Crippen molar-refractivity contribution in [3.05, 3.63) is 108 Å². The number of hydrogen-bond acceptors (Lipinski definition) is 2. The smallest absolute Gasteiger partial charge is 0.137 e. The van der Waals surface area contributed by atoms with Crippen molar-refractivity contribution < 1.29 is 0 Å². The number of fused-ring (bicyclic) bond motifs is 2. The second-order valence-corrected chi connectivity index (χ2v) is 9.15. The Hall–Kier alpha value is -4.18. The minimum atomic E-state index is 0.964. The second kappa shape index (κ2) is 9.46. The SMILES string of the molecule is CC.Cc1ccc2nc(-c3cccc(-c4cccc(-c5cn6cc(C)ccc6n5)c4C)c3C)cn2c1. The van der Waals surface area contributed by atoms with E-state index in [2.05, 4.69) is 122 Å². The lowest BCUT2D eigenvalue weighted by molar-refractivity contribution is 1.16. The maximum absolute atomic E-state index is 4.89. The van der Waals surface area contributed by atoms with E-state index in [1.807, 2.05) is 13.8 Å². The molecule has 6 aromatic rings. The number of rotatable bonds is 3. The van der Waals surface area contributed by atoms with Crippen LogP contribution >= 0.6 is 0 Å². The summed E-state index contributed by atoms with van der Waals surface area (Å²) in [5.74, 6) is 0. The zero-order valence-electron chi connectivity index (χ0n) is 21.9. The van der Waals surface area contributed by atoms with Crippen LogP contribution in [0.2, 0.25) is 0 Å². The van der Waals surface area contributed by atoms with E-state index in [-0.39, 0.29) is 0 Å². The minimum absolute atomic E-state index is 0.964. The van der Waals surface area contributed by atoms with Crippen molar-refractivity contribution in [1.82, 2.24) is 18.8 Å². The van der Waals surface area contributed by atoms with Gasteiger partial charge in [-0.1, -0.05) is 62.4 Å². The van der Waals surface area contributed by atoms with Crippen molar-refractivity contribution in [2.24, 2.45) is 0 Å². The summed E-state index contributed by atoms with van der Waals surface area (Å²) in [5, 5.41) is 0. The first kappa shape index (κ1) is 23.6. The average molecular weight is 473 g/mol. The van der Waals surface area contributed by atoms with Crippen LogP contribution in [0.1, 0.15) is 36.1 Å². The molecule has 0 N–H and O–H groups in total. The lowest BCUT2D eigenvalue weighted by Crippen LogP contribution is -1.93. The summed E-state index contributed by atoms with van der Waals surface area (Å²) in [6, 6.07) is 21.4. The van der Waals surface area contributed by atoms with Crippen molar-refractivity contribution in [3.8, 4) is 33.6 Å². The van der Waals surface area contributed by atoms with Crippen molar-refractivity contribution >= 4 is 11.3 Å². The van der Waals surface area contributed by atoms with Gasteiger partial charge in [-0.2, -0.15) is 0 Å². The molecule has 2 aromatic carbocycles. The molecule has 0 aliphatic heterocycles. The van der Waals surface area contributed by atoms with Crippen molar-refractivity contribution in [3.63, 3.8) is 0 Å². The molecule has 4 aromatic heterocycles. The summed E-state index contributed by atoms with van der Waals surface area (Å²) >= 11 is 0. The van der Waals surface area contributed by atoms with E-state index in [0.29, 0.717) is 0 Å². The third-order valence-corrected chi connectivity index (χ3v) is 6.71. The van der Waals surface area contributed by atoms with Gasteiger partial charge in [0.1, 0.15) is 11.3 Å². The molecule has 4 heterocycles. The van der Waals surface area contributed by atoms with Gasteiger partial charge in [-0.3, -0.25) is 0 Å². The van der Waals surface area contributed by atoms with Crippen LogP contribution < -0.4 is 0 Å². The van der Waals surface area contributed by atoms with Crippen LogP contribution in [0, 0.1) is 27.7 Å². The zero-order valence-corrected chi connectivity index (χ0v) is 21.9. The Morgan fingerprint density at radius 2 is 0.861 bits per heavy atom. The van der Waals surface area contributed by atoms with Crippen LogP contribution in [-0.4, -0.2) is 18.8 Å². The highest BCUT2D eigenvalue weighted by Gasteiger charge is 2.15. The van der Waals surface area contributed by atoms with E-state index in [1.54, 1.807) is 0 Å². The van der Waals surface area contributed by atoms with Crippen LogP contribution in [-0.2, 0) is 0 Å². The van der Waals surface area contributed by atoms with Crippen LogP contribution in [0.4, 0.5) is 0 Å². The lowest BCUT2D eigenvalue weighted by Gasteiger charge is -2.14. The van der Waals surface area contributed by atoms with Crippen molar-refractivity contribution in [2.45, 2.75) is 41.5 Å². The van der Waals surface area contributed by atoms with Crippen LogP contribution in [0.15, 0.2) is 85.5 Å². The van der Waals surface area contributed by atoms with Crippen LogP contribution in [0.5, 0.6) is 0 Å². The Balaban J connectivity index is 0.00000130. The third-order valence-electron chi connectivity index (χ3n) is 6.71. The Bertz CT molecular complexity index is 1570. The molecule has 0 amide bonds. The predicted molar refractivity (Wildman–Crippen MR) is 151 cm³/mol. The van der Waals surface area contributed by atoms with E-state index in [9.17, 15) is 0 Å². The molecule has 0 aliphatic carbocycles. The van der Waals surface area contributed by atoms with Crippen molar-refractivity contribution in [1.29, 1.82) is 0 Å². The molecule has 0 bridgehead atoms. The molecule has 180 valence electrons. The first-order valence-electron chi connectivity index (χ1n) is 12.6. The summed E-state index contributed by atoms with van der Waals surface area (Å²) in [5.41, 5.74) is 13.6. The molecule has 4 heteroatoms. The van der Waals surface area contributed by atoms with E-state index in [1.165, 1.54) is 33.4 Å². The molecule has 4 nitrogen and oxygen atoms in total. The van der Waals surface area contributed by atoms with Gasteiger partial charge in [-0.15, -0.1) is 0 Å². The van der Waals surface area contributed by atoms with Gasteiger partial charge < -0.3 is 8.80 Å². The lowest BCUT2D eigenvalue weighted by atomic mass is 9.90. The predicted octanol–water partition coefficient (Wildman–Crippen LogP) is 8.24. The fourth-order valence-electron chi connectivity index (χ4n) is 4.88. The van der Waals surface area contributed by atoms with Gasteiger partial charge in [-0.25, -0.2) is 9.97 Å². The molecule has 36 heavy (non-hydrogen) atoms. The number of pyridine rings is 2. The maximum Gasteiger partial charge on any atom is 0.137 e. The van der Waals surface area contributed by atoms with Gasteiger partial charge in [0.15, 0.2) is 0 Å². The van der Waals surface area contributed by atoms with Crippen LogP contribution in [0.25, 0.3) is 44.9 Å². The molecule has 0 radical (unpaired) electrons. The highest BCUT2D eigenvalue weighted by atomic mass is 15.0. The van der Waals surface area contributed by atoms with Gasteiger partial charge in [-0.05, 0) is 73.2 Å². The standard InChI is InChI=1S/C30H26N4.C2H6/c1-19-11-13-29-31-27(17-33(29)15-19)25-9-5-7-23(21(25)3)24-8-6-10-26(22(24)4)28-18-34-16-20(2)12-14-30(34)32-28;1-2/h5-18H,1-4H3;1-2H3. The molecular formula is C32H32N4. The van der Waals surface area contributed by atoms with Gasteiger partial charge in [0.2, 0.25) is 0 Å². The van der Waals surface area contributed by atoms with Gasteiger partial charge >= 0.3 is 0 Å². The fraction of sp³-hybridized carbons (Fsp3) is 0.188. The Kier molecular flexibility index (Phi) is 6.19. The minimum Gasteiger partial charge on any atom is -0.306 e. The quantitative estimate of drug-likeness (QED) is 0.260. The van der Waals surface area contributed by atoms with Gasteiger partial charge in [0, 0.05) is 35.9 Å². The van der Waals surface area contributed by atoms with Crippen LogP contribution in [0.3, 0.4) is 0 Å². The number of hydrogen-bond donors (Lipinski definition) is 0. The van der Waals surface area contributed by atoms with Crippen molar-refractivity contribution in [2.75, 3.05) is 0 Å². The topological polar surface area (TPSA) is 34.6 Å². The molecule has 0 fully saturated rings. The Labute approximate surface area is 212 Å². The Morgan fingerprint density at radius 3 is 1.28 bits per heavy atom. The number of aryl methyl sites for hydroxylation is 2. The summed E-state index contributed by atoms with van der Waals surface area (Å²) < 4.78 is 4.21. The maximum atomic E-state index is 4.89. The van der Waals surface area contributed by atoms with Gasteiger partial charge in [0.05, 0.1) is 11.4 Å². The summed E-state index contributed by atoms with van der Waals surface area (Å²) in [7, 11) is 0. The van der Waals surface area contributed by atoms with E-state index in [4.69, 9.17) is 9.97 Å². The summed E-state index contributed by atoms with van der Waals surface area (Å²) in [4.78, 5) is 9.78. The fourth-order valence-corrected chi connectivity index (χ4v) is 4.88. The molecule has 6 rings (SSSR count). The monoisotopic (exact) mass is 472 g/mol. The molecule has 0 aliphatic rings. The molecular weight excluding hydrogens is 440 g/mol. The first-order valence-corrected chi connectivity index (χ1v) is 12.6. The highest BCUT2D eigenvalue weighted by molar-refractivity contribution is 5.83. The van der Waals surface area contributed by atoms with E-state index in [0.717, 1.165) is 33.8 Å². The average Bonchev–Trinajstić information content (AvgIpc) is 3.49. The molecule has 0 saturated heterocycles. The zero-order chi connectivity index (χ0) is 25.4. The van der Waals surface area contributed by atoms with E-state index >= 15 is 0 Å².